The lowest BCUT2D eigenvalue weighted by Crippen LogP contribution is -2.05. The second-order valence-electron chi connectivity index (χ2n) is 9.28. The molecule has 0 saturated heterocycles. The number of aryl methyl sites for hydroxylation is 1. The summed E-state index contributed by atoms with van der Waals surface area (Å²) >= 11 is 5.43. The highest BCUT2D eigenvalue weighted by Gasteiger charge is 2.24. The smallest absolute Gasteiger partial charge is 0.143 e. The number of nitrogens with zero attached hydrogens (tertiary/aromatic N) is 2. The summed E-state index contributed by atoms with van der Waals surface area (Å²) in [7, 11) is 0. The molecule has 3 aromatic heterocycles. The van der Waals surface area contributed by atoms with Crippen LogP contribution in [0.4, 0.5) is 5.69 Å². The molecule has 0 spiro atoms. The quantitative estimate of drug-likeness (QED) is 0.189. The molecule has 0 radical (unpaired) electrons. The maximum Gasteiger partial charge on any atom is 0.143 e. The number of anilines is 1. The maximum atomic E-state index is 5.11. The average molecular weight is 540 g/mol. The molecule has 6 rings (SSSR count). The number of rotatable bonds is 9. The van der Waals surface area contributed by atoms with Gasteiger partial charge in [-0.15, -0.1) is 22.7 Å². The Kier molecular flexibility index (Phi) is 7.40. The molecule has 5 aromatic rings. The van der Waals surface area contributed by atoms with Crippen molar-refractivity contribution in [2.45, 2.75) is 49.3 Å². The number of nitrogens with one attached hydrogen (secondary N) is 1. The molecule has 0 bridgehead atoms. The van der Waals surface area contributed by atoms with Gasteiger partial charge in [-0.2, -0.15) is 0 Å². The molecule has 3 nitrogen and oxygen atoms in total. The predicted molar refractivity (Wildman–Crippen MR) is 163 cm³/mol. The van der Waals surface area contributed by atoms with Crippen LogP contribution in [0.15, 0.2) is 77.7 Å². The van der Waals surface area contributed by atoms with E-state index in [1.54, 1.807) is 11.3 Å². The summed E-state index contributed by atoms with van der Waals surface area (Å²) in [5, 5.41) is 4.69. The summed E-state index contributed by atoms with van der Waals surface area (Å²) < 4.78 is 1.19. The Labute approximate surface area is 230 Å². The van der Waals surface area contributed by atoms with Crippen LogP contribution in [0.25, 0.3) is 33.1 Å². The molecule has 0 aliphatic carbocycles. The van der Waals surface area contributed by atoms with Gasteiger partial charge in [0, 0.05) is 20.3 Å². The van der Waals surface area contributed by atoms with Crippen molar-refractivity contribution < 1.29 is 0 Å². The molecule has 4 heterocycles. The first-order valence-electron chi connectivity index (χ1n) is 12.9. The number of unbranched alkanes of at least 4 members (excludes halogenated alkanes) is 3. The number of benzene rings is 2. The first-order valence-corrected chi connectivity index (χ1v) is 15.4. The van der Waals surface area contributed by atoms with Gasteiger partial charge in [-0.05, 0) is 73.0 Å². The number of aromatic nitrogens is 2. The van der Waals surface area contributed by atoms with E-state index in [4.69, 9.17) is 9.97 Å². The lowest BCUT2D eigenvalue weighted by Gasteiger charge is -2.12. The number of thioether (sulfide) groups is 1. The van der Waals surface area contributed by atoms with E-state index in [1.807, 2.05) is 29.2 Å². The lowest BCUT2D eigenvalue weighted by molar-refractivity contribution is 0.670. The Morgan fingerprint density at radius 2 is 1.76 bits per heavy atom. The van der Waals surface area contributed by atoms with Gasteiger partial charge >= 0.3 is 0 Å². The summed E-state index contributed by atoms with van der Waals surface area (Å²) in [6.07, 6.45) is 10.9. The van der Waals surface area contributed by atoms with E-state index in [9.17, 15) is 0 Å². The second-order valence-corrected chi connectivity index (χ2v) is 12.7. The van der Waals surface area contributed by atoms with Crippen molar-refractivity contribution in [2.75, 3.05) is 5.32 Å². The molecule has 6 heteroatoms. The van der Waals surface area contributed by atoms with E-state index in [-0.39, 0.29) is 5.37 Å². The summed E-state index contributed by atoms with van der Waals surface area (Å²) in [4.78, 5) is 14.0. The van der Waals surface area contributed by atoms with Crippen LogP contribution < -0.4 is 5.32 Å². The van der Waals surface area contributed by atoms with Crippen molar-refractivity contribution in [3.05, 3.63) is 93.8 Å². The van der Waals surface area contributed by atoms with Crippen LogP contribution in [0.2, 0.25) is 0 Å². The molecule has 0 amide bonds. The molecular formula is C31H29N3S3. The zero-order chi connectivity index (χ0) is 25.0. The average Bonchev–Trinajstić information content (AvgIpc) is 3.67. The first kappa shape index (κ1) is 24.4. The number of thiophene rings is 1. The van der Waals surface area contributed by atoms with Crippen LogP contribution in [0.3, 0.4) is 0 Å². The highest BCUT2D eigenvalue weighted by Crippen LogP contribution is 2.46. The Balaban J connectivity index is 1.29. The second kappa shape index (κ2) is 11.2. The Morgan fingerprint density at radius 3 is 2.65 bits per heavy atom. The fraction of sp³-hybridized carbons (Fsp3) is 0.226. The summed E-state index contributed by atoms with van der Waals surface area (Å²) in [5.74, 6) is 0. The number of pyridine rings is 1. The van der Waals surface area contributed by atoms with Crippen LogP contribution in [0, 0.1) is 0 Å². The van der Waals surface area contributed by atoms with Gasteiger partial charge in [0.15, 0.2) is 0 Å². The third-order valence-electron chi connectivity index (χ3n) is 6.47. The zero-order valence-corrected chi connectivity index (χ0v) is 23.3. The van der Waals surface area contributed by atoms with Gasteiger partial charge in [-0.25, -0.2) is 9.97 Å². The number of thiazole rings is 1. The van der Waals surface area contributed by atoms with Crippen molar-refractivity contribution >= 4 is 62.5 Å². The van der Waals surface area contributed by atoms with Crippen LogP contribution >= 0.6 is 34.4 Å². The topological polar surface area (TPSA) is 37.8 Å². The van der Waals surface area contributed by atoms with E-state index in [2.05, 4.69) is 91.1 Å². The first-order chi connectivity index (χ1) is 18.2. The third kappa shape index (κ3) is 5.66. The van der Waals surface area contributed by atoms with E-state index in [1.165, 1.54) is 57.1 Å². The standard InChI is InChI=1S/C31H29N3S3/c1-2-3-4-5-10-22-17-18-23(35-22)16-15-21-19-26(30-33-24-11-6-8-13-28(24)36-30)32-27(20-21)31-34-25-12-7-9-14-29(25)37-31/h6-9,11-20,30,33H,2-5,10H2,1H3/b16-15+. The minimum absolute atomic E-state index is 0.0790. The van der Waals surface area contributed by atoms with E-state index in [0.29, 0.717) is 0 Å². The lowest BCUT2D eigenvalue weighted by atomic mass is 10.1. The van der Waals surface area contributed by atoms with Crippen molar-refractivity contribution in [3.8, 4) is 10.7 Å². The fourth-order valence-electron chi connectivity index (χ4n) is 4.54. The van der Waals surface area contributed by atoms with Crippen molar-refractivity contribution in [2.24, 2.45) is 0 Å². The largest absolute Gasteiger partial charge is 0.367 e. The van der Waals surface area contributed by atoms with E-state index >= 15 is 0 Å². The molecule has 1 aliphatic rings. The molecule has 2 aromatic carbocycles. The van der Waals surface area contributed by atoms with Gasteiger partial charge in [0.25, 0.3) is 0 Å². The minimum Gasteiger partial charge on any atom is -0.367 e. The van der Waals surface area contributed by atoms with Crippen molar-refractivity contribution in [1.82, 2.24) is 9.97 Å². The normalized spacial score (nSPS) is 14.9. The van der Waals surface area contributed by atoms with Gasteiger partial charge < -0.3 is 5.32 Å². The highest BCUT2D eigenvalue weighted by atomic mass is 32.2. The molecule has 0 saturated carbocycles. The van der Waals surface area contributed by atoms with Gasteiger partial charge in [0.05, 0.1) is 21.6 Å². The van der Waals surface area contributed by atoms with E-state index < -0.39 is 0 Å². The number of hydrogen-bond acceptors (Lipinski definition) is 6. The van der Waals surface area contributed by atoms with Crippen LogP contribution in [0.5, 0.6) is 0 Å². The zero-order valence-electron chi connectivity index (χ0n) is 20.8. The summed E-state index contributed by atoms with van der Waals surface area (Å²) in [6.45, 7) is 2.26. The van der Waals surface area contributed by atoms with Gasteiger partial charge in [-0.1, -0.05) is 68.3 Å². The third-order valence-corrected chi connectivity index (χ3v) is 9.84. The number of hydrogen-bond donors (Lipinski definition) is 1. The molecule has 1 atom stereocenters. The molecule has 1 unspecified atom stereocenters. The predicted octanol–water partition coefficient (Wildman–Crippen LogP) is 9.93. The van der Waals surface area contributed by atoms with Crippen LogP contribution in [0.1, 0.15) is 59.0 Å². The van der Waals surface area contributed by atoms with Crippen molar-refractivity contribution in [1.29, 1.82) is 0 Å². The minimum atomic E-state index is 0.0790. The summed E-state index contributed by atoms with van der Waals surface area (Å²) in [5.41, 5.74) is 5.31. The molecule has 186 valence electrons. The Hall–Kier alpha value is -2.93. The van der Waals surface area contributed by atoms with Gasteiger partial charge in [0.2, 0.25) is 0 Å². The van der Waals surface area contributed by atoms with Crippen LogP contribution in [-0.2, 0) is 6.42 Å². The van der Waals surface area contributed by atoms with Gasteiger partial charge in [0.1, 0.15) is 10.4 Å². The molecular weight excluding hydrogens is 511 g/mol. The van der Waals surface area contributed by atoms with Crippen molar-refractivity contribution in [3.63, 3.8) is 0 Å². The summed E-state index contributed by atoms with van der Waals surface area (Å²) in [6, 6.07) is 25.7. The highest BCUT2D eigenvalue weighted by molar-refractivity contribution is 8.00. The molecule has 1 N–H and O–H groups in total. The van der Waals surface area contributed by atoms with Crippen LogP contribution in [-0.4, -0.2) is 9.97 Å². The van der Waals surface area contributed by atoms with E-state index in [0.717, 1.165) is 27.5 Å². The molecule has 37 heavy (non-hydrogen) atoms. The monoisotopic (exact) mass is 539 g/mol. The fourth-order valence-corrected chi connectivity index (χ4v) is 7.52. The van der Waals surface area contributed by atoms with Gasteiger partial charge in [-0.3, -0.25) is 0 Å². The SMILES string of the molecule is CCCCCCc1ccc(/C=C/c2cc(-c3nc4ccccc4s3)nc(C3Nc4ccccc4S3)c2)s1. The number of para-hydroxylation sites is 2. The maximum absolute atomic E-state index is 5.11. The Morgan fingerprint density at radius 1 is 0.865 bits per heavy atom. The Bertz CT molecular complexity index is 1490. The molecule has 1 aliphatic heterocycles. The number of fused-ring (bicyclic) bond motifs is 2. The molecule has 0 fully saturated rings.